The number of hydrogen-bond acceptors (Lipinski definition) is 5. The molecule has 0 bridgehead atoms. The molecule has 0 aliphatic carbocycles. The Bertz CT molecular complexity index is 493. The molecule has 6 nitrogen and oxygen atoms in total. The lowest BCUT2D eigenvalue weighted by atomic mass is 10.3. The van der Waals surface area contributed by atoms with E-state index in [9.17, 15) is 4.79 Å². The molecule has 1 aliphatic rings. The zero-order valence-corrected chi connectivity index (χ0v) is 13.5. The van der Waals surface area contributed by atoms with Gasteiger partial charge in [0.15, 0.2) is 0 Å². The van der Waals surface area contributed by atoms with Gasteiger partial charge in [0.1, 0.15) is 5.75 Å². The van der Waals surface area contributed by atoms with Crippen LogP contribution in [0.25, 0.3) is 0 Å². The van der Waals surface area contributed by atoms with E-state index in [1.165, 1.54) is 0 Å². The smallest absolute Gasteiger partial charge is 0.239 e. The standard InChI is InChI=1S/C15H22ClN3O3/c1-21-14-3-2-12(16)10-13(14)18-11-15(20)17-4-5-19-6-8-22-9-7-19/h2-3,10,18H,4-9,11H2,1H3,(H,17,20). The maximum absolute atomic E-state index is 11.9. The molecule has 0 aromatic heterocycles. The number of nitrogens with zero attached hydrogens (tertiary/aromatic N) is 1. The lowest BCUT2D eigenvalue weighted by molar-refractivity contribution is -0.119. The van der Waals surface area contributed by atoms with Gasteiger partial charge in [-0.05, 0) is 18.2 Å². The van der Waals surface area contributed by atoms with Crippen LogP contribution in [0.2, 0.25) is 5.02 Å². The highest BCUT2D eigenvalue weighted by Crippen LogP contribution is 2.27. The molecule has 1 aromatic carbocycles. The number of halogens is 1. The molecule has 2 rings (SSSR count). The Kier molecular flexibility index (Phi) is 6.76. The van der Waals surface area contributed by atoms with E-state index >= 15 is 0 Å². The Morgan fingerprint density at radius 1 is 1.41 bits per heavy atom. The number of anilines is 1. The fourth-order valence-corrected chi connectivity index (χ4v) is 2.41. The summed E-state index contributed by atoms with van der Waals surface area (Å²) in [4.78, 5) is 14.1. The summed E-state index contributed by atoms with van der Waals surface area (Å²) >= 11 is 5.95. The van der Waals surface area contributed by atoms with Crippen LogP contribution in [0.3, 0.4) is 0 Å². The Morgan fingerprint density at radius 2 is 2.18 bits per heavy atom. The molecule has 122 valence electrons. The van der Waals surface area contributed by atoms with Crippen LogP contribution in [-0.2, 0) is 9.53 Å². The molecule has 0 atom stereocenters. The minimum absolute atomic E-state index is 0.0599. The Balaban J connectivity index is 1.70. The van der Waals surface area contributed by atoms with E-state index in [1.807, 2.05) is 0 Å². The lowest BCUT2D eigenvalue weighted by Gasteiger charge is -2.26. The van der Waals surface area contributed by atoms with Crippen LogP contribution in [0.15, 0.2) is 18.2 Å². The molecule has 1 heterocycles. The zero-order valence-electron chi connectivity index (χ0n) is 12.7. The molecule has 1 aliphatic heterocycles. The first kappa shape index (κ1) is 16.9. The van der Waals surface area contributed by atoms with E-state index in [-0.39, 0.29) is 12.5 Å². The Morgan fingerprint density at radius 3 is 2.91 bits per heavy atom. The molecular formula is C15H22ClN3O3. The van der Waals surface area contributed by atoms with Gasteiger partial charge in [-0.3, -0.25) is 9.69 Å². The van der Waals surface area contributed by atoms with Crippen LogP contribution in [0, 0.1) is 0 Å². The van der Waals surface area contributed by atoms with Crippen molar-refractivity contribution in [1.29, 1.82) is 0 Å². The van der Waals surface area contributed by atoms with Crippen molar-refractivity contribution in [1.82, 2.24) is 10.2 Å². The number of nitrogens with one attached hydrogen (secondary N) is 2. The second-order valence-corrected chi connectivity index (χ2v) is 5.44. The Hall–Kier alpha value is -1.50. The van der Waals surface area contributed by atoms with Crippen molar-refractivity contribution in [3.05, 3.63) is 23.2 Å². The second-order valence-electron chi connectivity index (χ2n) is 5.00. The highest BCUT2D eigenvalue weighted by Gasteiger charge is 2.10. The molecule has 2 N–H and O–H groups in total. The maximum atomic E-state index is 11.9. The van der Waals surface area contributed by atoms with Crippen molar-refractivity contribution < 1.29 is 14.3 Å². The average Bonchev–Trinajstić information content (AvgIpc) is 2.54. The zero-order chi connectivity index (χ0) is 15.8. The van der Waals surface area contributed by atoms with E-state index in [1.54, 1.807) is 25.3 Å². The third-order valence-electron chi connectivity index (χ3n) is 3.45. The number of rotatable bonds is 7. The van der Waals surface area contributed by atoms with Gasteiger partial charge in [-0.15, -0.1) is 0 Å². The van der Waals surface area contributed by atoms with Gasteiger partial charge >= 0.3 is 0 Å². The van der Waals surface area contributed by atoms with Gasteiger partial charge < -0.3 is 20.1 Å². The van der Waals surface area contributed by atoms with Gasteiger partial charge in [0, 0.05) is 31.2 Å². The summed E-state index contributed by atoms with van der Waals surface area (Å²) in [5, 5.41) is 6.53. The summed E-state index contributed by atoms with van der Waals surface area (Å²) in [5.41, 5.74) is 0.707. The van der Waals surface area contributed by atoms with Crippen LogP contribution >= 0.6 is 11.6 Å². The molecule has 1 aromatic rings. The lowest BCUT2D eigenvalue weighted by Crippen LogP contribution is -2.42. The van der Waals surface area contributed by atoms with E-state index in [4.69, 9.17) is 21.1 Å². The quantitative estimate of drug-likeness (QED) is 0.788. The number of ether oxygens (including phenoxy) is 2. The van der Waals surface area contributed by atoms with Crippen LogP contribution in [0.5, 0.6) is 5.75 Å². The van der Waals surface area contributed by atoms with Crippen LogP contribution in [-0.4, -0.2) is 63.9 Å². The molecule has 0 saturated carbocycles. The van der Waals surface area contributed by atoms with Gasteiger partial charge in [-0.2, -0.15) is 0 Å². The van der Waals surface area contributed by atoms with E-state index in [2.05, 4.69) is 15.5 Å². The van der Waals surface area contributed by atoms with E-state index < -0.39 is 0 Å². The summed E-state index contributed by atoms with van der Waals surface area (Å²) in [5.74, 6) is 0.598. The Labute approximate surface area is 135 Å². The normalized spacial score (nSPS) is 15.4. The molecular weight excluding hydrogens is 306 g/mol. The van der Waals surface area contributed by atoms with Crippen molar-refractivity contribution in [3.8, 4) is 5.75 Å². The monoisotopic (exact) mass is 327 g/mol. The minimum Gasteiger partial charge on any atom is -0.495 e. The summed E-state index contributed by atoms with van der Waals surface area (Å²) in [6.45, 7) is 5.04. The van der Waals surface area contributed by atoms with E-state index in [0.717, 1.165) is 32.8 Å². The molecule has 22 heavy (non-hydrogen) atoms. The average molecular weight is 328 g/mol. The molecule has 7 heteroatoms. The highest BCUT2D eigenvalue weighted by molar-refractivity contribution is 6.30. The number of carbonyl (C=O) groups excluding carboxylic acids is 1. The number of morpholine rings is 1. The van der Waals surface area contributed by atoms with Gasteiger partial charge in [0.2, 0.25) is 5.91 Å². The number of amides is 1. The number of carbonyl (C=O) groups is 1. The first-order chi connectivity index (χ1) is 10.7. The van der Waals surface area contributed by atoms with Crippen molar-refractivity contribution in [2.24, 2.45) is 0 Å². The van der Waals surface area contributed by atoms with Gasteiger partial charge in [-0.25, -0.2) is 0 Å². The summed E-state index contributed by atoms with van der Waals surface area (Å²) in [6.07, 6.45) is 0. The predicted molar refractivity (Wildman–Crippen MR) is 86.8 cm³/mol. The SMILES string of the molecule is COc1ccc(Cl)cc1NCC(=O)NCCN1CCOCC1. The summed E-state index contributed by atoms with van der Waals surface area (Å²) in [7, 11) is 1.58. The third kappa shape index (κ3) is 5.36. The highest BCUT2D eigenvalue weighted by atomic mass is 35.5. The predicted octanol–water partition coefficient (Wildman–Crippen LogP) is 1.21. The largest absolute Gasteiger partial charge is 0.495 e. The van der Waals surface area contributed by atoms with Crippen molar-refractivity contribution in [2.75, 3.05) is 58.4 Å². The number of methoxy groups -OCH3 is 1. The first-order valence-electron chi connectivity index (χ1n) is 7.33. The molecule has 0 radical (unpaired) electrons. The van der Waals surface area contributed by atoms with Crippen LogP contribution in [0.4, 0.5) is 5.69 Å². The van der Waals surface area contributed by atoms with Crippen molar-refractivity contribution in [3.63, 3.8) is 0 Å². The molecule has 1 fully saturated rings. The van der Waals surface area contributed by atoms with Gasteiger partial charge in [0.25, 0.3) is 0 Å². The van der Waals surface area contributed by atoms with Crippen molar-refractivity contribution in [2.45, 2.75) is 0 Å². The molecule has 1 amide bonds. The number of benzene rings is 1. The molecule has 0 spiro atoms. The van der Waals surface area contributed by atoms with Gasteiger partial charge in [0.05, 0.1) is 32.6 Å². The third-order valence-corrected chi connectivity index (χ3v) is 3.69. The molecule has 0 unspecified atom stereocenters. The minimum atomic E-state index is -0.0599. The molecule has 1 saturated heterocycles. The fraction of sp³-hybridized carbons (Fsp3) is 0.533. The van der Waals surface area contributed by atoms with Crippen molar-refractivity contribution >= 4 is 23.2 Å². The number of hydrogen-bond donors (Lipinski definition) is 2. The first-order valence-corrected chi connectivity index (χ1v) is 7.71. The second kappa shape index (κ2) is 8.82. The topological polar surface area (TPSA) is 62.8 Å². The fourth-order valence-electron chi connectivity index (χ4n) is 2.23. The summed E-state index contributed by atoms with van der Waals surface area (Å²) in [6, 6.07) is 5.25. The van der Waals surface area contributed by atoms with Gasteiger partial charge in [-0.1, -0.05) is 11.6 Å². The maximum Gasteiger partial charge on any atom is 0.239 e. The van der Waals surface area contributed by atoms with Crippen LogP contribution in [0.1, 0.15) is 0 Å². The summed E-state index contributed by atoms with van der Waals surface area (Å²) < 4.78 is 10.5. The van der Waals surface area contributed by atoms with E-state index in [0.29, 0.717) is 23.0 Å². The van der Waals surface area contributed by atoms with Crippen LogP contribution < -0.4 is 15.4 Å².